The number of hydrazine groups is 1. The van der Waals surface area contributed by atoms with Crippen molar-refractivity contribution < 1.29 is 0 Å². The van der Waals surface area contributed by atoms with Gasteiger partial charge in [0, 0.05) is 5.70 Å². The molecule has 0 spiro atoms. The van der Waals surface area contributed by atoms with Crippen molar-refractivity contribution in [3.05, 3.63) is 42.0 Å². The zero-order chi connectivity index (χ0) is 11.0. The number of benzene rings is 1. The van der Waals surface area contributed by atoms with Crippen LogP contribution in [0.4, 0.5) is 0 Å². The fourth-order valence-corrected chi connectivity index (χ4v) is 1.02. The summed E-state index contributed by atoms with van der Waals surface area (Å²) in [6.07, 6.45) is 1.06. The van der Waals surface area contributed by atoms with E-state index in [1.165, 1.54) is 5.56 Å². The predicted molar refractivity (Wildman–Crippen MR) is 63.5 cm³/mol. The van der Waals surface area contributed by atoms with Crippen LogP contribution in [-0.4, -0.2) is 0 Å². The van der Waals surface area contributed by atoms with Gasteiger partial charge in [0.15, 0.2) is 0 Å². The van der Waals surface area contributed by atoms with Crippen molar-refractivity contribution in [2.75, 3.05) is 0 Å². The van der Waals surface area contributed by atoms with E-state index in [1.807, 2.05) is 26.0 Å². The molecule has 0 heterocycles. The maximum Gasteiger partial charge on any atom is 0.0485 e. The Kier molecular flexibility index (Phi) is 6.50. The number of rotatable bonds is 3. The summed E-state index contributed by atoms with van der Waals surface area (Å²) in [7, 11) is 0. The standard InChI is InChI=1S/C10H14N2.C2H6/c1-3-9-4-6-10(7-5-9)8(2)12-11;1-2/h4-7,12H,2-3,11H2,1H3;1-2H3. The first-order valence-corrected chi connectivity index (χ1v) is 5.02. The Labute approximate surface area is 86.8 Å². The highest BCUT2D eigenvalue weighted by molar-refractivity contribution is 5.61. The predicted octanol–water partition coefficient (Wildman–Crippen LogP) is 2.71. The Morgan fingerprint density at radius 2 is 1.79 bits per heavy atom. The number of aryl methyl sites for hydroxylation is 1. The molecule has 0 aliphatic carbocycles. The van der Waals surface area contributed by atoms with Gasteiger partial charge in [-0.15, -0.1) is 0 Å². The molecule has 3 N–H and O–H groups in total. The second-order valence-corrected chi connectivity index (χ2v) is 2.67. The van der Waals surface area contributed by atoms with Crippen LogP contribution in [0.5, 0.6) is 0 Å². The molecule has 14 heavy (non-hydrogen) atoms. The topological polar surface area (TPSA) is 38.0 Å². The van der Waals surface area contributed by atoms with Crippen LogP contribution in [0.3, 0.4) is 0 Å². The van der Waals surface area contributed by atoms with Crippen LogP contribution in [0.2, 0.25) is 0 Å². The Morgan fingerprint density at radius 3 is 2.14 bits per heavy atom. The van der Waals surface area contributed by atoms with E-state index in [4.69, 9.17) is 5.84 Å². The molecule has 0 fully saturated rings. The van der Waals surface area contributed by atoms with Gasteiger partial charge in [-0.2, -0.15) is 0 Å². The summed E-state index contributed by atoms with van der Waals surface area (Å²) in [4.78, 5) is 0. The van der Waals surface area contributed by atoms with Gasteiger partial charge in [0.2, 0.25) is 0 Å². The van der Waals surface area contributed by atoms with Crippen LogP contribution >= 0.6 is 0 Å². The molecule has 0 amide bonds. The SMILES string of the molecule is C=C(NN)c1ccc(CC)cc1.CC. The molecule has 0 radical (unpaired) electrons. The summed E-state index contributed by atoms with van der Waals surface area (Å²) in [6, 6.07) is 8.19. The minimum Gasteiger partial charge on any atom is -0.324 e. The van der Waals surface area contributed by atoms with Gasteiger partial charge in [-0.05, 0) is 17.5 Å². The molecule has 0 saturated heterocycles. The van der Waals surface area contributed by atoms with Crippen LogP contribution in [-0.2, 0) is 6.42 Å². The molecule has 0 aliphatic heterocycles. The van der Waals surface area contributed by atoms with Gasteiger partial charge >= 0.3 is 0 Å². The molecule has 0 aliphatic rings. The number of nitrogens with two attached hydrogens (primary N) is 1. The van der Waals surface area contributed by atoms with Crippen molar-refractivity contribution in [2.24, 2.45) is 5.84 Å². The normalized spacial score (nSPS) is 8.57. The Morgan fingerprint density at radius 1 is 1.29 bits per heavy atom. The summed E-state index contributed by atoms with van der Waals surface area (Å²) >= 11 is 0. The first kappa shape index (κ1) is 12.7. The molecule has 1 aromatic carbocycles. The first-order valence-electron chi connectivity index (χ1n) is 5.02. The van der Waals surface area contributed by atoms with E-state index in [2.05, 4.69) is 31.1 Å². The van der Waals surface area contributed by atoms with Gasteiger partial charge in [0.1, 0.15) is 0 Å². The van der Waals surface area contributed by atoms with Crippen molar-refractivity contribution in [1.29, 1.82) is 0 Å². The third kappa shape index (κ3) is 3.62. The van der Waals surface area contributed by atoms with E-state index >= 15 is 0 Å². The Hall–Kier alpha value is -1.28. The van der Waals surface area contributed by atoms with Crippen molar-refractivity contribution >= 4 is 5.70 Å². The van der Waals surface area contributed by atoms with Crippen LogP contribution in [0.1, 0.15) is 31.9 Å². The molecule has 2 nitrogen and oxygen atoms in total. The van der Waals surface area contributed by atoms with E-state index in [1.54, 1.807) is 0 Å². The quantitative estimate of drug-likeness (QED) is 0.571. The minimum atomic E-state index is 0.748. The minimum absolute atomic E-state index is 0.748. The molecule has 0 aromatic heterocycles. The third-order valence-corrected chi connectivity index (χ3v) is 1.88. The maximum atomic E-state index is 5.23. The highest BCUT2D eigenvalue weighted by atomic mass is 15.2. The molecule has 0 saturated carbocycles. The molecule has 1 rings (SSSR count). The largest absolute Gasteiger partial charge is 0.324 e. The molecular formula is C12H20N2. The van der Waals surface area contributed by atoms with Gasteiger partial charge in [-0.1, -0.05) is 51.6 Å². The van der Waals surface area contributed by atoms with Crippen molar-refractivity contribution in [3.8, 4) is 0 Å². The van der Waals surface area contributed by atoms with E-state index < -0.39 is 0 Å². The van der Waals surface area contributed by atoms with Gasteiger partial charge in [0.25, 0.3) is 0 Å². The molecule has 0 atom stereocenters. The number of hydrogen-bond acceptors (Lipinski definition) is 2. The van der Waals surface area contributed by atoms with E-state index in [-0.39, 0.29) is 0 Å². The Bertz CT molecular complexity index is 262. The van der Waals surface area contributed by atoms with Gasteiger partial charge in [0.05, 0.1) is 0 Å². The first-order chi connectivity index (χ1) is 6.77. The number of nitrogens with one attached hydrogen (secondary N) is 1. The van der Waals surface area contributed by atoms with E-state index in [0.717, 1.165) is 17.7 Å². The van der Waals surface area contributed by atoms with Crippen molar-refractivity contribution in [3.63, 3.8) is 0 Å². The lowest BCUT2D eigenvalue weighted by molar-refractivity contribution is 0.994. The summed E-state index contributed by atoms with van der Waals surface area (Å²) in [5.74, 6) is 5.23. The van der Waals surface area contributed by atoms with Crippen LogP contribution in [0.15, 0.2) is 30.8 Å². The van der Waals surface area contributed by atoms with Crippen molar-refractivity contribution in [2.45, 2.75) is 27.2 Å². The second kappa shape index (κ2) is 7.15. The second-order valence-electron chi connectivity index (χ2n) is 2.67. The summed E-state index contributed by atoms with van der Waals surface area (Å²) in [5, 5.41) is 0. The van der Waals surface area contributed by atoms with Crippen molar-refractivity contribution in [1.82, 2.24) is 5.43 Å². The molecule has 2 heteroatoms. The maximum absolute atomic E-state index is 5.23. The van der Waals surface area contributed by atoms with E-state index in [0.29, 0.717) is 0 Å². The molecule has 78 valence electrons. The zero-order valence-electron chi connectivity index (χ0n) is 9.30. The monoisotopic (exact) mass is 192 g/mol. The van der Waals surface area contributed by atoms with Crippen LogP contribution in [0.25, 0.3) is 5.70 Å². The Balaban J connectivity index is 0.000000791. The van der Waals surface area contributed by atoms with Crippen LogP contribution < -0.4 is 11.3 Å². The zero-order valence-corrected chi connectivity index (χ0v) is 9.30. The number of hydrogen-bond donors (Lipinski definition) is 2. The highest BCUT2D eigenvalue weighted by Crippen LogP contribution is 2.10. The van der Waals surface area contributed by atoms with Gasteiger partial charge in [-0.3, -0.25) is 5.84 Å². The lowest BCUT2D eigenvalue weighted by Gasteiger charge is -2.04. The molecule has 0 unspecified atom stereocenters. The summed E-state index contributed by atoms with van der Waals surface area (Å²) < 4.78 is 0. The summed E-state index contributed by atoms with van der Waals surface area (Å²) in [5.41, 5.74) is 5.63. The van der Waals surface area contributed by atoms with Crippen LogP contribution in [0, 0.1) is 0 Å². The van der Waals surface area contributed by atoms with Gasteiger partial charge in [-0.25, -0.2) is 0 Å². The molecule has 1 aromatic rings. The average molecular weight is 192 g/mol. The average Bonchev–Trinajstić information content (AvgIpc) is 2.31. The molecular weight excluding hydrogens is 172 g/mol. The third-order valence-electron chi connectivity index (χ3n) is 1.88. The lowest BCUT2D eigenvalue weighted by Crippen LogP contribution is -2.18. The van der Waals surface area contributed by atoms with Gasteiger partial charge < -0.3 is 5.43 Å². The fraction of sp³-hybridized carbons (Fsp3) is 0.333. The van der Waals surface area contributed by atoms with E-state index in [9.17, 15) is 0 Å². The summed E-state index contributed by atoms with van der Waals surface area (Å²) in [6.45, 7) is 9.89. The smallest absolute Gasteiger partial charge is 0.0485 e. The molecule has 0 bridgehead atoms. The lowest BCUT2D eigenvalue weighted by atomic mass is 10.1. The fourth-order valence-electron chi connectivity index (χ4n) is 1.02. The highest BCUT2D eigenvalue weighted by Gasteiger charge is 1.95.